The van der Waals surface area contributed by atoms with Gasteiger partial charge in [-0.15, -0.1) is 5.10 Å². The lowest BCUT2D eigenvalue weighted by Crippen LogP contribution is -2.15. The number of benzene rings is 1. The Morgan fingerprint density at radius 1 is 1.25 bits per heavy atom. The summed E-state index contributed by atoms with van der Waals surface area (Å²) in [6, 6.07) is 5.03. The minimum absolute atomic E-state index is 0.00213. The van der Waals surface area contributed by atoms with Crippen molar-refractivity contribution in [3.8, 4) is 6.01 Å². The highest BCUT2D eigenvalue weighted by Crippen LogP contribution is 2.30. The predicted octanol–water partition coefficient (Wildman–Crippen LogP) is 2.38. The molecular formula is C12H8Cl2FN5O3S. The molecule has 3 rings (SSSR count). The summed E-state index contributed by atoms with van der Waals surface area (Å²) in [5, 5.41) is 3.74. The van der Waals surface area contributed by atoms with Crippen LogP contribution in [0.4, 0.5) is 10.3 Å². The molecule has 1 aromatic carbocycles. The SMILES string of the molecule is COc1nc(F)cc2nc(NS(=O)(=O)c3c(Cl)cccc3Cl)nn12. The third-order valence-electron chi connectivity index (χ3n) is 2.86. The highest BCUT2D eigenvalue weighted by atomic mass is 35.5. The van der Waals surface area contributed by atoms with Crippen LogP contribution < -0.4 is 9.46 Å². The van der Waals surface area contributed by atoms with Crippen molar-refractivity contribution in [3.05, 3.63) is 40.3 Å². The summed E-state index contributed by atoms with van der Waals surface area (Å²) in [4.78, 5) is 7.02. The second-order valence-electron chi connectivity index (χ2n) is 4.43. The van der Waals surface area contributed by atoms with Gasteiger partial charge in [-0.2, -0.15) is 18.9 Å². The van der Waals surface area contributed by atoms with E-state index in [-0.39, 0.29) is 32.5 Å². The first kappa shape index (κ1) is 16.7. The number of nitrogens with one attached hydrogen (secondary N) is 1. The number of halogens is 3. The molecule has 0 amide bonds. The van der Waals surface area contributed by atoms with Gasteiger partial charge >= 0.3 is 6.01 Å². The first-order valence-electron chi connectivity index (χ1n) is 6.26. The second-order valence-corrected chi connectivity index (χ2v) is 6.86. The fourth-order valence-corrected chi connectivity index (χ4v) is 4.01. The third-order valence-corrected chi connectivity index (χ3v) is 5.14. The number of hydrogen-bond donors (Lipinski definition) is 1. The van der Waals surface area contributed by atoms with E-state index >= 15 is 0 Å². The lowest BCUT2D eigenvalue weighted by molar-refractivity contribution is 0.357. The molecule has 0 unspecified atom stereocenters. The van der Waals surface area contributed by atoms with E-state index < -0.39 is 16.0 Å². The topological polar surface area (TPSA) is 98.5 Å². The Kier molecular flexibility index (Phi) is 4.20. The Labute approximate surface area is 145 Å². The molecule has 0 aliphatic carbocycles. The standard InChI is InChI=1S/C12H8Cl2FN5O3S/c1-23-12-16-8(15)5-9-17-11(18-20(9)12)19-24(21,22)10-6(13)3-2-4-7(10)14/h2-5H,1H3,(H,18,19). The van der Waals surface area contributed by atoms with Crippen LogP contribution in [-0.2, 0) is 10.0 Å². The minimum atomic E-state index is -4.16. The van der Waals surface area contributed by atoms with E-state index in [4.69, 9.17) is 27.9 Å². The van der Waals surface area contributed by atoms with Gasteiger partial charge in [0.25, 0.3) is 16.0 Å². The molecular weight excluding hydrogens is 384 g/mol. The number of nitrogens with zero attached hydrogens (tertiary/aromatic N) is 4. The quantitative estimate of drug-likeness (QED) is 0.685. The maximum Gasteiger partial charge on any atom is 0.322 e. The maximum atomic E-state index is 13.4. The second kappa shape index (κ2) is 6.04. The number of sulfonamides is 1. The Balaban J connectivity index is 2.06. The van der Waals surface area contributed by atoms with Gasteiger partial charge in [0.1, 0.15) is 4.90 Å². The normalized spacial score (nSPS) is 11.7. The zero-order chi connectivity index (χ0) is 17.5. The highest BCUT2D eigenvalue weighted by molar-refractivity contribution is 7.93. The van der Waals surface area contributed by atoms with Gasteiger partial charge in [-0.25, -0.2) is 13.1 Å². The molecule has 0 fully saturated rings. The van der Waals surface area contributed by atoms with E-state index in [1.165, 1.54) is 25.3 Å². The smallest absolute Gasteiger partial charge is 0.322 e. The third kappa shape index (κ3) is 2.95. The van der Waals surface area contributed by atoms with Crippen LogP contribution in [0.2, 0.25) is 10.0 Å². The Morgan fingerprint density at radius 3 is 2.54 bits per heavy atom. The average molecular weight is 392 g/mol. The molecule has 0 spiro atoms. The molecule has 0 saturated carbocycles. The van der Waals surface area contributed by atoms with Crippen LogP contribution in [0.5, 0.6) is 6.01 Å². The van der Waals surface area contributed by atoms with Gasteiger partial charge in [-0.05, 0) is 12.1 Å². The van der Waals surface area contributed by atoms with Crippen LogP contribution in [0.15, 0.2) is 29.2 Å². The van der Waals surface area contributed by atoms with E-state index in [0.717, 1.165) is 10.6 Å². The van der Waals surface area contributed by atoms with Crippen molar-refractivity contribution >= 4 is 44.8 Å². The first-order valence-corrected chi connectivity index (χ1v) is 8.50. The molecule has 8 nitrogen and oxygen atoms in total. The van der Waals surface area contributed by atoms with Crippen molar-refractivity contribution in [3.63, 3.8) is 0 Å². The zero-order valence-electron chi connectivity index (χ0n) is 11.9. The Hall–Kier alpha value is -2.17. The van der Waals surface area contributed by atoms with Crippen molar-refractivity contribution in [2.75, 3.05) is 11.8 Å². The molecule has 126 valence electrons. The molecule has 2 heterocycles. The molecule has 0 aliphatic rings. The van der Waals surface area contributed by atoms with Crippen LogP contribution in [0.25, 0.3) is 5.65 Å². The van der Waals surface area contributed by atoms with Crippen molar-refractivity contribution in [1.82, 2.24) is 19.6 Å². The summed E-state index contributed by atoms with van der Waals surface area (Å²) >= 11 is 11.8. The summed E-state index contributed by atoms with van der Waals surface area (Å²) in [5.74, 6) is -1.17. The average Bonchev–Trinajstić information content (AvgIpc) is 2.86. The van der Waals surface area contributed by atoms with Crippen LogP contribution in [-0.4, -0.2) is 35.1 Å². The van der Waals surface area contributed by atoms with Gasteiger partial charge in [0.15, 0.2) is 5.65 Å². The fraction of sp³-hybridized carbons (Fsp3) is 0.0833. The highest BCUT2D eigenvalue weighted by Gasteiger charge is 2.24. The monoisotopic (exact) mass is 391 g/mol. The number of ether oxygens (including phenoxy) is 1. The van der Waals surface area contributed by atoms with E-state index in [9.17, 15) is 12.8 Å². The molecule has 12 heteroatoms. The summed E-state index contributed by atoms with van der Waals surface area (Å²) in [6.07, 6.45) is 0. The molecule has 0 bridgehead atoms. The molecule has 0 aliphatic heterocycles. The van der Waals surface area contributed by atoms with Gasteiger partial charge in [-0.3, -0.25) is 0 Å². The van der Waals surface area contributed by atoms with Crippen LogP contribution >= 0.6 is 23.2 Å². The van der Waals surface area contributed by atoms with Gasteiger partial charge in [0.05, 0.1) is 17.2 Å². The Morgan fingerprint density at radius 2 is 1.92 bits per heavy atom. The van der Waals surface area contributed by atoms with Gasteiger partial charge in [0.2, 0.25) is 5.95 Å². The van der Waals surface area contributed by atoms with Gasteiger partial charge in [-0.1, -0.05) is 29.3 Å². The van der Waals surface area contributed by atoms with Crippen LogP contribution in [0, 0.1) is 5.95 Å². The number of rotatable bonds is 4. The molecule has 0 atom stereocenters. The van der Waals surface area contributed by atoms with Crippen LogP contribution in [0.1, 0.15) is 0 Å². The number of aromatic nitrogens is 4. The van der Waals surface area contributed by atoms with Crippen molar-refractivity contribution in [2.24, 2.45) is 0 Å². The summed E-state index contributed by atoms with van der Waals surface area (Å²) in [6.45, 7) is 0. The van der Waals surface area contributed by atoms with E-state index in [2.05, 4.69) is 19.8 Å². The van der Waals surface area contributed by atoms with E-state index in [1.807, 2.05) is 0 Å². The zero-order valence-corrected chi connectivity index (χ0v) is 14.2. The molecule has 0 saturated heterocycles. The summed E-state index contributed by atoms with van der Waals surface area (Å²) in [7, 11) is -2.90. The maximum absolute atomic E-state index is 13.4. The number of methoxy groups -OCH3 is 1. The van der Waals surface area contributed by atoms with E-state index in [0.29, 0.717) is 0 Å². The molecule has 1 N–H and O–H groups in total. The predicted molar refractivity (Wildman–Crippen MR) is 84.6 cm³/mol. The molecule has 24 heavy (non-hydrogen) atoms. The summed E-state index contributed by atoms with van der Waals surface area (Å²) < 4.78 is 46.3. The number of hydrogen-bond acceptors (Lipinski definition) is 6. The largest absolute Gasteiger partial charge is 0.467 e. The lowest BCUT2D eigenvalue weighted by atomic mass is 10.4. The lowest BCUT2D eigenvalue weighted by Gasteiger charge is -2.08. The number of fused-ring (bicyclic) bond motifs is 1. The van der Waals surface area contributed by atoms with Crippen molar-refractivity contribution in [1.29, 1.82) is 0 Å². The molecule has 0 radical (unpaired) electrons. The van der Waals surface area contributed by atoms with Gasteiger partial charge < -0.3 is 4.74 Å². The van der Waals surface area contributed by atoms with Crippen molar-refractivity contribution in [2.45, 2.75) is 4.90 Å². The number of anilines is 1. The van der Waals surface area contributed by atoms with Crippen LogP contribution in [0.3, 0.4) is 0 Å². The molecule has 3 aromatic rings. The first-order chi connectivity index (χ1) is 11.3. The summed E-state index contributed by atoms with van der Waals surface area (Å²) in [5.41, 5.74) is 0.00213. The van der Waals surface area contributed by atoms with E-state index in [1.54, 1.807) is 0 Å². The molecule has 2 aromatic heterocycles. The minimum Gasteiger partial charge on any atom is -0.467 e. The van der Waals surface area contributed by atoms with Crippen molar-refractivity contribution < 1.29 is 17.5 Å². The van der Waals surface area contributed by atoms with Gasteiger partial charge in [0, 0.05) is 6.07 Å². The Bertz CT molecular complexity index is 1020. The fourth-order valence-electron chi connectivity index (χ4n) is 1.92.